The zero-order chi connectivity index (χ0) is 17.8. The van der Waals surface area contributed by atoms with Crippen LogP contribution in [-0.2, 0) is 6.54 Å². The lowest BCUT2D eigenvalue weighted by Gasteiger charge is -2.40. The lowest BCUT2D eigenvalue weighted by Crippen LogP contribution is -2.56. The summed E-state index contributed by atoms with van der Waals surface area (Å²) in [6.45, 7) is 5.65. The van der Waals surface area contributed by atoms with Crippen molar-refractivity contribution in [2.75, 3.05) is 61.1 Å². The van der Waals surface area contributed by atoms with Gasteiger partial charge in [-0.3, -0.25) is 9.89 Å². The maximum Gasteiger partial charge on any atom is 0.203 e. The number of nitrogens with one attached hydrogen (secondary N) is 1. The summed E-state index contributed by atoms with van der Waals surface area (Å²) in [4.78, 5) is 9.48. The van der Waals surface area contributed by atoms with Crippen LogP contribution in [0, 0.1) is 0 Å². The van der Waals surface area contributed by atoms with Gasteiger partial charge in [-0.05, 0) is 24.7 Å². The molecule has 1 saturated heterocycles. The maximum absolute atomic E-state index is 5.48. The fourth-order valence-electron chi connectivity index (χ4n) is 3.51. The Hall–Kier alpha value is -1.99. The van der Waals surface area contributed by atoms with Crippen LogP contribution in [0.15, 0.2) is 17.1 Å². The molecule has 7 heteroatoms. The fourth-order valence-corrected chi connectivity index (χ4v) is 3.51. The number of piperazine rings is 1. The van der Waals surface area contributed by atoms with E-state index in [1.54, 1.807) is 21.3 Å². The van der Waals surface area contributed by atoms with E-state index in [9.17, 15) is 0 Å². The molecule has 0 aliphatic carbocycles. The Morgan fingerprint density at radius 1 is 1.12 bits per heavy atom. The Morgan fingerprint density at radius 2 is 1.84 bits per heavy atom. The molecular weight excluding hydrogens is 320 g/mol. The van der Waals surface area contributed by atoms with Gasteiger partial charge in [-0.1, -0.05) is 0 Å². The first-order chi connectivity index (χ1) is 12.2. The van der Waals surface area contributed by atoms with Crippen molar-refractivity contribution in [1.29, 1.82) is 0 Å². The molecule has 0 amide bonds. The Bertz CT molecular complexity index is 610. The highest BCUT2D eigenvalue weighted by atomic mass is 16.5. The minimum absolute atomic E-state index is 0.292. The minimum atomic E-state index is 0.292. The van der Waals surface area contributed by atoms with Crippen LogP contribution in [0.3, 0.4) is 0 Å². The number of rotatable bonds is 6. The summed E-state index contributed by atoms with van der Waals surface area (Å²) in [5, 5.41) is 3.44. The van der Waals surface area contributed by atoms with Gasteiger partial charge in [-0.25, -0.2) is 0 Å². The summed E-state index contributed by atoms with van der Waals surface area (Å²) >= 11 is 0. The second-order valence-corrected chi connectivity index (χ2v) is 6.48. The van der Waals surface area contributed by atoms with Crippen LogP contribution in [0.25, 0.3) is 0 Å². The Kier molecular flexibility index (Phi) is 5.65. The fraction of sp³-hybridized carbons (Fsp3) is 0.611. The van der Waals surface area contributed by atoms with E-state index in [1.807, 2.05) is 12.1 Å². The van der Waals surface area contributed by atoms with Gasteiger partial charge in [-0.15, -0.1) is 0 Å². The summed E-state index contributed by atoms with van der Waals surface area (Å²) in [6, 6.07) is 4.35. The molecule has 0 radical (unpaired) electrons. The van der Waals surface area contributed by atoms with Crippen LogP contribution in [0.5, 0.6) is 17.2 Å². The van der Waals surface area contributed by atoms with Crippen molar-refractivity contribution in [1.82, 2.24) is 15.1 Å². The van der Waals surface area contributed by atoms with E-state index in [1.165, 1.54) is 0 Å². The summed E-state index contributed by atoms with van der Waals surface area (Å²) in [5.41, 5.74) is 1.14. The largest absolute Gasteiger partial charge is 0.493 e. The van der Waals surface area contributed by atoms with Gasteiger partial charge in [0.15, 0.2) is 11.5 Å². The first kappa shape index (κ1) is 17.8. The summed E-state index contributed by atoms with van der Waals surface area (Å²) in [7, 11) is 7.09. The number of amidine groups is 1. The molecule has 0 saturated carbocycles. The predicted octanol–water partition coefficient (Wildman–Crippen LogP) is 0.830. The molecule has 1 atom stereocenters. The van der Waals surface area contributed by atoms with Crippen LogP contribution >= 0.6 is 0 Å². The van der Waals surface area contributed by atoms with Gasteiger partial charge >= 0.3 is 0 Å². The number of benzene rings is 1. The highest BCUT2D eigenvalue weighted by molar-refractivity contribution is 5.89. The third-order valence-corrected chi connectivity index (χ3v) is 4.82. The first-order valence-corrected chi connectivity index (χ1v) is 8.66. The van der Waals surface area contributed by atoms with Crippen molar-refractivity contribution in [3.8, 4) is 17.2 Å². The normalized spacial score (nSPS) is 21.6. The number of aliphatic imine (C=N–C) groups is 1. The second kappa shape index (κ2) is 7.93. The topological polar surface area (TPSA) is 58.6 Å². The Morgan fingerprint density at radius 3 is 2.40 bits per heavy atom. The summed E-state index contributed by atoms with van der Waals surface area (Å²) in [6.07, 6.45) is 0. The SMILES string of the molecule is COc1cc(CN2CCN(C)CC2C2=NCCN2)cc(OC)c1OC. The summed E-state index contributed by atoms with van der Waals surface area (Å²) < 4.78 is 16.4. The lowest BCUT2D eigenvalue weighted by atomic mass is 10.1. The van der Waals surface area contributed by atoms with Gasteiger partial charge < -0.3 is 24.4 Å². The van der Waals surface area contributed by atoms with Crippen molar-refractivity contribution in [2.45, 2.75) is 12.6 Å². The quantitative estimate of drug-likeness (QED) is 0.822. The van der Waals surface area contributed by atoms with Crippen molar-refractivity contribution < 1.29 is 14.2 Å². The molecule has 7 nitrogen and oxygen atoms in total. The van der Waals surface area contributed by atoms with Crippen LogP contribution in [-0.4, -0.2) is 82.8 Å². The van der Waals surface area contributed by atoms with E-state index in [4.69, 9.17) is 14.2 Å². The number of hydrogen-bond acceptors (Lipinski definition) is 7. The van der Waals surface area contributed by atoms with E-state index in [0.29, 0.717) is 23.3 Å². The molecule has 2 heterocycles. The predicted molar refractivity (Wildman–Crippen MR) is 98.1 cm³/mol. The molecule has 1 aromatic rings. The Labute approximate surface area is 149 Å². The zero-order valence-corrected chi connectivity index (χ0v) is 15.5. The number of likely N-dealkylation sites (N-methyl/N-ethyl adjacent to an activating group) is 1. The van der Waals surface area contributed by atoms with Crippen LogP contribution < -0.4 is 19.5 Å². The number of hydrogen-bond donors (Lipinski definition) is 1. The van der Waals surface area contributed by atoms with Crippen LogP contribution in [0.1, 0.15) is 5.56 Å². The van der Waals surface area contributed by atoms with E-state index in [-0.39, 0.29) is 0 Å². The molecule has 0 aromatic heterocycles. The van der Waals surface area contributed by atoms with Crippen molar-refractivity contribution >= 4 is 5.84 Å². The highest BCUT2D eigenvalue weighted by Gasteiger charge is 2.31. The average molecular weight is 348 g/mol. The van der Waals surface area contributed by atoms with Gasteiger partial charge in [0.25, 0.3) is 0 Å². The number of ether oxygens (including phenoxy) is 3. The molecule has 3 rings (SSSR count). The Balaban J connectivity index is 1.84. The lowest BCUT2D eigenvalue weighted by molar-refractivity contribution is 0.117. The molecule has 1 unspecified atom stereocenters. The number of methoxy groups -OCH3 is 3. The van der Waals surface area contributed by atoms with Crippen LogP contribution in [0.2, 0.25) is 0 Å². The molecule has 1 N–H and O–H groups in total. The third-order valence-electron chi connectivity index (χ3n) is 4.82. The molecule has 1 fully saturated rings. The molecule has 1 aromatic carbocycles. The van der Waals surface area contributed by atoms with E-state index in [0.717, 1.165) is 50.7 Å². The molecule has 2 aliphatic heterocycles. The maximum atomic E-state index is 5.48. The smallest absolute Gasteiger partial charge is 0.203 e. The van der Waals surface area contributed by atoms with Gasteiger partial charge in [0, 0.05) is 32.7 Å². The van der Waals surface area contributed by atoms with Crippen molar-refractivity contribution in [2.24, 2.45) is 4.99 Å². The van der Waals surface area contributed by atoms with Gasteiger partial charge in [0.2, 0.25) is 5.75 Å². The van der Waals surface area contributed by atoms with Crippen molar-refractivity contribution in [3.63, 3.8) is 0 Å². The zero-order valence-electron chi connectivity index (χ0n) is 15.5. The molecule has 2 aliphatic rings. The van der Waals surface area contributed by atoms with E-state index >= 15 is 0 Å². The standard InChI is InChI=1S/C18H28N4O3/c1-21-7-8-22(14(12-21)18-19-5-6-20-18)11-13-9-15(23-2)17(25-4)16(10-13)24-3/h9-10,14H,5-8,11-12H2,1-4H3,(H,19,20). The molecule has 0 spiro atoms. The van der Waals surface area contributed by atoms with Gasteiger partial charge in [-0.2, -0.15) is 0 Å². The molecule has 138 valence electrons. The minimum Gasteiger partial charge on any atom is -0.493 e. The molecule has 0 bridgehead atoms. The first-order valence-electron chi connectivity index (χ1n) is 8.66. The van der Waals surface area contributed by atoms with Gasteiger partial charge in [0.1, 0.15) is 5.84 Å². The summed E-state index contributed by atoms with van der Waals surface area (Å²) in [5.74, 6) is 3.13. The third kappa shape index (κ3) is 3.82. The average Bonchev–Trinajstić information content (AvgIpc) is 3.16. The van der Waals surface area contributed by atoms with E-state index in [2.05, 4.69) is 27.2 Å². The van der Waals surface area contributed by atoms with E-state index < -0.39 is 0 Å². The van der Waals surface area contributed by atoms with Crippen molar-refractivity contribution in [3.05, 3.63) is 17.7 Å². The van der Waals surface area contributed by atoms with Gasteiger partial charge in [0.05, 0.1) is 33.9 Å². The van der Waals surface area contributed by atoms with Crippen LogP contribution in [0.4, 0.5) is 0 Å². The molecule has 25 heavy (non-hydrogen) atoms. The molecular formula is C18H28N4O3. The monoisotopic (exact) mass is 348 g/mol. The highest BCUT2D eigenvalue weighted by Crippen LogP contribution is 2.38. The second-order valence-electron chi connectivity index (χ2n) is 6.48. The number of nitrogens with zero attached hydrogens (tertiary/aromatic N) is 3.